The fraction of sp³-hybridized carbons (Fsp3) is 1.00. The van der Waals surface area contributed by atoms with Crippen molar-refractivity contribution in [3.63, 3.8) is 0 Å². The predicted molar refractivity (Wildman–Crippen MR) is 42.2 cm³/mol. The van der Waals surface area contributed by atoms with Gasteiger partial charge in [-0.05, 0) is 13.3 Å². The molecule has 1 unspecified atom stereocenters. The van der Waals surface area contributed by atoms with E-state index in [1.165, 1.54) is 0 Å². The molecule has 0 spiro atoms. The van der Waals surface area contributed by atoms with Gasteiger partial charge in [-0.25, -0.2) is 0 Å². The lowest BCUT2D eigenvalue weighted by molar-refractivity contribution is -0.490. The molecule has 0 aliphatic carbocycles. The molecule has 66 valence electrons. The lowest BCUT2D eigenvalue weighted by atomic mass is 10.3. The molecule has 0 bridgehead atoms. The van der Waals surface area contributed by atoms with Gasteiger partial charge in [-0.3, -0.25) is 10.1 Å². The van der Waals surface area contributed by atoms with Gasteiger partial charge in [0.2, 0.25) is 6.54 Å². The summed E-state index contributed by atoms with van der Waals surface area (Å²) in [4.78, 5) is 9.62. The van der Waals surface area contributed by atoms with Gasteiger partial charge < -0.3 is 4.74 Å². The van der Waals surface area contributed by atoms with Crippen molar-refractivity contribution in [2.75, 3.05) is 13.2 Å². The second kappa shape index (κ2) is 6.09. The molecule has 0 aromatic carbocycles. The van der Waals surface area contributed by atoms with Crippen LogP contribution < -0.4 is 0 Å². The van der Waals surface area contributed by atoms with E-state index in [1.54, 1.807) is 6.92 Å². The highest BCUT2D eigenvalue weighted by Crippen LogP contribution is 1.94. The topological polar surface area (TPSA) is 52.4 Å². The first-order valence-corrected chi connectivity index (χ1v) is 3.90. The monoisotopic (exact) mass is 161 g/mol. The van der Waals surface area contributed by atoms with E-state index >= 15 is 0 Å². The molecule has 0 radical (unpaired) electrons. The highest BCUT2D eigenvalue weighted by atomic mass is 16.6. The van der Waals surface area contributed by atoms with Gasteiger partial charge in [0.15, 0.2) is 0 Å². The van der Waals surface area contributed by atoms with Gasteiger partial charge >= 0.3 is 0 Å². The van der Waals surface area contributed by atoms with Gasteiger partial charge in [-0.1, -0.05) is 13.3 Å². The highest BCUT2D eigenvalue weighted by molar-refractivity contribution is 4.45. The summed E-state index contributed by atoms with van der Waals surface area (Å²) in [6.45, 7) is 4.31. The molecule has 0 rings (SSSR count). The van der Waals surface area contributed by atoms with E-state index in [0.717, 1.165) is 12.8 Å². The third kappa shape index (κ3) is 7.25. The molecular weight excluding hydrogens is 146 g/mol. The first kappa shape index (κ1) is 10.4. The van der Waals surface area contributed by atoms with Crippen LogP contribution >= 0.6 is 0 Å². The van der Waals surface area contributed by atoms with Crippen LogP contribution in [0.5, 0.6) is 0 Å². The molecule has 0 saturated heterocycles. The number of hydrogen-bond acceptors (Lipinski definition) is 3. The van der Waals surface area contributed by atoms with Crippen molar-refractivity contribution in [2.45, 2.75) is 32.8 Å². The minimum atomic E-state index is -0.351. The number of nitro groups is 1. The van der Waals surface area contributed by atoms with Gasteiger partial charge in [-0.2, -0.15) is 0 Å². The Kier molecular flexibility index (Phi) is 5.74. The maximum absolute atomic E-state index is 9.97. The average Bonchev–Trinajstić information content (AvgIpc) is 1.86. The summed E-state index contributed by atoms with van der Waals surface area (Å²) in [7, 11) is 0. The maximum atomic E-state index is 9.97. The standard InChI is InChI=1S/C7H15NO3/c1-3-4-5-11-7(2)6-8(9)10/h7H,3-6H2,1-2H3. The Morgan fingerprint density at radius 1 is 1.64 bits per heavy atom. The summed E-state index contributed by atoms with van der Waals surface area (Å²) in [5.41, 5.74) is 0. The van der Waals surface area contributed by atoms with E-state index in [4.69, 9.17) is 4.74 Å². The van der Waals surface area contributed by atoms with Crippen molar-refractivity contribution in [1.82, 2.24) is 0 Å². The van der Waals surface area contributed by atoms with Crippen LogP contribution in [0.25, 0.3) is 0 Å². The zero-order chi connectivity index (χ0) is 8.69. The van der Waals surface area contributed by atoms with Gasteiger partial charge in [0.1, 0.15) is 6.10 Å². The van der Waals surface area contributed by atoms with Gasteiger partial charge in [-0.15, -0.1) is 0 Å². The van der Waals surface area contributed by atoms with Crippen LogP contribution in [0.15, 0.2) is 0 Å². The average molecular weight is 161 g/mol. The number of hydrogen-bond donors (Lipinski definition) is 0. The fourth-order valence-corrected chi connectivity index (χ4v) is 0.691. The van der Waals surface area contributed by atoms with Crippen molar-refractivity contribution in [3.8, 4) is 0 Å². The van der Waals surface area contributed by atoms with Crippen molar-refractivity contribution >= 4 is 0 Å². The van der Waals surface area contributed by atoms with Crippen molar-refractivity contribution in [2.24, 2.45) is 0 Å². The van der Waals surface area contributed by atoms with Crippen LogP contribution in [-0.4, -0.2) is 24.2 Å². The summed E-state index contributed by atoms with van der Waals surface area (Å²) in [5, 5.41) is 9.97. The SMILES string of the molecule is CCCCOC(C)C[N+](=O)[O-]. The molecule has 0 aromatic rings. The van der Waals surface area contributed by atoms with Gasteiger partial charge in [0, 0.05) is 11.5 Å². The van der Waals surface area contributed by atoms with E-state index in [1.807, 2.05) is 0 Å². The molecule has 0 saturated carbocycles. The smallest absolute Gasteiger partial charge is 0.229 e. The largest absolute Gasteiger partial charge is 0.372 e. The minimum Gasteiger partial charge on any atom is -0.372 e. The van der Waals surface area contributed by atoms with Crippen LogP contribution in [0.3, 0.4) is 0 Å². The highest BCUT2D eigenvalue weighted by Gasteiger charge is 2.07. The van der Waals surface area contributed by atoms with Crippen LogP contribution in [0.1, 0.15) is 26.7 Å². The molecule has 0 N–H and O–H groups in total. The number of unbranched alkanes of at least 4 members (excludes halogenated alkanes) is 1. The van der Waals surface area contributed by atoms with Crippen molar-refractivity contribution < 1.29 is 9.66 Å². The van der Waals surface area contributed by atoms with Crippen molar-refractivity contribution in [3.05, 3.63) is 10.1 Å². The number of ether oxygens (including phenoxy) is 1. The Morgan fingerprint density at radius 3 is 2.73 bits per heavy atom. The number of rotatable bonds is 6. The predicted octanol–water partition coefficient (Wildman–Crippen LogP) is 1.47. The Hall–Kier alpha value is -0.640. The first-order valence-electron chi connectivity index (χ1n) is 3.90. The Balaban J connectivity index is 3.22. The summed E-state index contributed by atoms with van der Waals surface area (Å²) in [5.74, 6) is 0. The quantitative estimate of drug-likeness (QED) is 0.336. The molecule has 4 heteroatoms. The fourth-order valence-electron chi connectivity index (χ4n) is 0.691. The van der Waals surface area contributed by atoms with E-state index in [-0.39, 0.29) is 17.6 Å². The van der Waals surface area contributed by atoms with Crippen LogP contribution in [0, 0.1) is 10.1 Å². The third-order valence-electron chi connectivity index (χ3n) is 1.31. The maximum Gasteiger partial charge on any atom is 0.229 e. The molecule has 0 heterocycles. The zero-order valence-corrected chi connectivity index (χ0v) is 7.08. The molecule has 11 heavy (non-hydrogen) atoms. The molecule has 0 aliphatic heterocycles. The summed E-state index contributed by atoms with van der Waals surface area (Å²) >= 11 is 0. The molecule has 0 aromatic heterocycles. The Labute approximate surface area is 66.7 Å². The Morgan fingerprint density at radius 2 is 2.27 bits per heavy atom. The first-order chi connectivity index (χ1) is 5.16. The van der Waals surface area contributed by atoms with Crippen molar-refractivity contribution in [1.29, 1.82) is 0 Å². The lowest BCUT2D eigenvalue weighted by Gasteiger charge is -2.07. The van der Waals surface area contributed by atoms with E-state index in [9.17, 15) is 10.1 Å². The molecule has 0 amide bonds. The van der Waals surface area contributed by atoms with E-state index < -0.39 is 0 Å². The van der Waals surface area contributed by atoms with Crippen LogP contribution in [-0.2, 0) is 4.74 Å². The van der Waals surface area contributed by atoms with Gasteiger partial charge in [0.05, 0.1) is 0 Å². The second-order valence-electron chi connectivity index (χ2n) is 2.55. The van der Waals surface area contributed by atoms with Gasteiger partial charge in [0.25, 0.3) is 0 Å². The molecule has 0 aliphatic rings. The molecular formula is C7H15NO3. The minimum absolute atomic E-state index is 0.0935. The van der Waals surface area contributed by atoms with Crippen LogP contribution in [0.2, 0.25) is 0 Å². The van der Waals surface area contributed by atoms with Crippen LogP contribution in [0.4, 0.5) is 0 Å². The summed E-state index contributed by atoms with van der Waals surface area (Å²) in [6, 6.07) is 0. The zero-order valence-electron chi connectivity index (χ0n) is 7.08. The summed E-state index contributed by atoms with van der Waals surface area (Å²) in [6.07, 6.45) is 1.78. The van der Waals surface area contributed by atoms with E-state index in [2.05, 4.69) is 6.92 Å². The third-order valence-corrected chi connectivity index (χ3v) is 1.31. The number of nitrogens with zero attached hydrogens (tertiary/aromatic N) is 1. The Bertz CT molecular complexity index is 116. The molecule has 4 nitrogen and oxygen atoms in total. The lowest BCUT2D eigenvalue weighted by Crippen LogP contribution is -2.20. The summed E-state index contributed by atoms with van der Waals surface area (Å²) < 4.78 is 5.15. The normalized spacial score (nSPS) is 12.9. The van der Waals surface area contributed by atoms with E-state index in [0.29, 0.717) is 6.61 Å². The molecule has 0 fully saturated rings. The second-order valence-corrected chi connectivity index (χ2v) is 2.55. The molecule has 1 atom stereocenters.